The molecule has 0 radical (unpaired) electrons. The Morgan fingerprint density at radius 3 is 2.49 bits per heavy atom. The van der Waals surface area contributed by atoms with Crippen LogP contribution < -0.4 is 30.2 Å². The molecular weight excluding hydrogens is 592 g/mol. The fourth-order valence-electron chi connectivity index (χ4n) is 6.05. The van der Waals surface area contributed by atoms with E-state index in [1.165, 1.54) is 24.1 Å². The molecule has 2 saturated heterocycles. The van der Waals surface area contributed by atoms with Crippen molar-refractivity contribution < 1.29 is 37.4 Å². The minimum Gasteiger partial charge on any atom is -0.487 e. The number of amides is 2. The van der Waals surface area contributed by atoms with Gasteiger partial charge in [-0.3, -0.25) is 14.5 Å². The molecule has 2 fully saturated rings. The lowest BCUT2D eigenvalue weighted by molar-refractivity contribution is -0.119. The quantitative estimate of drug-likeness (QED) is 0.395. The number of anilines is 3. The number of halogens is 2. The zero-order valence-electron chi connectivity index (χ0n) is 25.1. The highest BCUT2D eigenvalue weighted by atomic mass is 19.1. The van der Waals surface area contributed by atoms with Crippen molar-refractivity contribution in [3.63, 3.8) is 0 Å². The third kappa shape index (κ3) is 5.49. The van der Waals surface area contributed by atoms with E-state index in [-0.39, 0.29) is 60.6 Å². The molecule has 2 aromatic carbocycles. The molecule has 3 aliphatic rings. The molecule has 0 aliphatic carbocycles. The number of carbonyl (C=O) groups is 3. The van der Waals surface area contributed by atoms with Gasteiger partial charge in [-0.2, -0.15) is 0 Å². The summed E-state index contributed by atoms with van der Waals surface area (Å²) in [7, 11) is 0. The Labute approximate surface area is 257 Å². The zero-order valence-corrected chi connectivity index (χ0v) is 25.1. The number of ether oxygens (including phenoxy) is 3. The van der Waals surface area contributed by atoms with E-state index < -0.39 is 35.2 Å². The summed E-state index contributed by atoms with van der Waals surface area (Å²) in [5.41, 5.74) is 0.510. The van der Waals surface area contributed by atoms with Gasteiger partial charge < -0.3 is 33.9 Å². The second-order valence-corrected chi connectivity index (χ2v) is 11.3. The molecule has 6 rings (SSSR count). The van der Waals surface area contributed by atoms with Gasteiger partial charge in [-0.05, 0) is 38.1 Å². The van der Waals surface area contributed by atoms with Gasteiger partial charge in [-0.25, -0.2) is 18.4 Å². The predicted octanol–water partition coefficient (Wildman–Crippen LogP) is 3.20. The second kappa shape index (κ2) is 11.9. The molecule has 2 unspecified atom stereocenters. The highest BCUT2D eigenvalue weighted by Gasteiger charge is 2.34. The van der Waals surface area contributed by atoms with Gasteiger partial charge in [0, 0.05) is 39.3 Å². The van der Waals surface area contributed by atoms with Crippen molar-refractivity contribution in [2.24, 2.45) is 0 Å². The molecule has 2 amide bonds. The number of benzene rings is 2. The maximum Gasteiger partial charge on any atom is 0.414 e. The minimum absolute atomic E-state index is 0.0347. The average Bonchev–Trinajstić information content (AvgIpc) is 3.39. The summed E-state index contributed by atoms with van der Waals surface area (Å²) < 4.78 is 49.2. The van der Waals surface area contributed by atoms with Gasteiger partial charge in [0.05, 0.1) is 48.0 Å². The molecule has 1 aromatic heterocycles. The van der Waals surface area contributed by atoms with E-state index in [2.05, 4.69) is 5.32 Å². The lowest BCUT2D eigenvalue weighted by Gasteiger charge is -2.39. The Morgan fingerprint density at radius 1 is 1.07 bits per heavy atom. The topological polar surface area (TPSA) is 123 Å². The zero-order chi connectivity index (χ0) is 32.0. The number of nitrogens with one attached hydrogen (secondary N) is 1. The van der Waals surface area contributed by atoms with Crippen LogP contribution in [0.4, 0.5) is 30.6 Å². The summed E-state index contributed by atoms with van der Waals surface area (Å²) in [6.07, 6.45) is 0.294. The lowest BCUT2D eigenvalue weighted by atomic mass is 10.1. The third-order valence-corrected chi connectivity index (χ3v) is 8.27. The number of cyclic esters (lactones) is 1. The van der Waals surface area contributed by atoms with E-state index >= 15 is 8.78 Å². The van der Waals surface area contributed by atoms with Crippen LogP contribution in [0.15, 0.2) is 35.3 Å². The van der Waals surface area contributed by atoms with Gasteiger partial charge in [0.2, 0.25) is 11.3 Å². The van der Waals surface area contributed by atoms with E-state index in [0.717, 1.165) is 6.07 Å². The highest BCUT2D eigenvalue weighted by Crippen LogP contribution is 2.42. The minimum atomic E-state index is -0.763. The largest absolute Gasteiger partial charge is 0.487 e. The molecule has 2 atom stereocenters. The van der Waals surface area contributed by atoms with Crippen LogP contribution in [0.25, 0.3) is 10.9 Å². The number of esters is 1. The van der Waals surface area contributed by atoms with Gasteiger partial charge in [0.25, 0.3) is 0 Å². The third-order valence-electron chi connectivity index (χ3n) is 8.27. The Hall–Kier alpha value is -4.88. The van der Waals surface area contributed by atoms with Crippen molar-refractivity contribution in [1.82, 2.24) is 9.88 Å². The Bertz CT molecular complexity index is 1750. The van der Waals surface area contributed by atoms with Crippen LogP contribution in [0, 0.1) is 11.6 Å². The first-order valence-electron chi connectivity index (χ1n) is 14.8. The fraction of sp³-hybridized carbons (Fsp3) is 0.419. The van der Waals surface area contributed by atoms with Crippen molar-refractivity contribution in [3.8, 4) is 5.75 Å². The van der Waals surface area contributed by atoms with E-state index in [1.807, 2.05) is 16.7 Å². The standard InChI is InChI=1S/C31H33F2N5O7/c1-4-43-30(41)22-15-37-17(2)16-44-29-26(37)21(28(22)40)12-24(33)27(29)36-9-7-35(8-10-36)25-6-5-19(11-23(25)32)38-14-20(45-31(38)42)13-34-18(3)39/h5-6,11-12,15,17,20H,4,7-10,13-14,16H2,1-3H3,(H,34,39). The molecule has 0 saturated carbocycles. The molecule has 45 heavy (non-hydrogen) atoms. The van der Waals surface area contributed by atoms with Gasteiger partial charge in [0.15, 0.2) is 11.6 Å². The molecule has 4 heterocycles. The average molecular weight is 626 g/mol. The summed E-state index contributed by atoms with van der Waals surface area (Å²) >= 11 is 0. The number of nitrogens with zero attached hydrogens (tertiary/aromatic N) is 4. The first kappa shape index (κ1) is 30.2. The molecule has 1 N–H and O–H groups in total. The van der Waals surface area contributed by atoms with Crippen molar-refractivity contribution in [2.45, 2.75) is 32.9 Å². The number of aromatic nitrogens is 1. The maximum absolute atomic E-state index is 15.8. The van der Waals surface area contributed by atoms with E-state index in [4.69, 9.17) is 14.2 Å². The number of rotatable bonds is 7. The van der Waals surface area contributed by atoms with Crippen LogP contribution in [0.5, 0.6) is 5.75 Å². The fourth-order valence-corrected chi connectivity index (χ4v) is 6.05. The van der Waals surface area contributed by atoms with Crippen LogP contribution in [-0.4, -0.2) is 81.1 Å². The van der Waals surface area contributed by atoms with E-state index in [9.17, 15) is 19.2 Å². The van der Waals surface area contributed by atoms with Crippen molar-refractivity contribution in [1.29, 1.82) is 0 Å². The summed E-state index contributed by atoms with van der Waals surface area (Å²) in [6.45, 7) is 6.94. The van der Waals surface area contributed by atoms with Crippen molar-refractivity contribution in [3.05, 3.63) is 57.9 Å². The summed E-state index contributed by atoms with van der Waals surface area (Å²) in [6, 6.07) is 5.43. The van der Waals surface area contributed by atoms with Gasteiger partial charge in [-0.1, -0.05) is 0 Å². The van der Waals surface area contributed by atoms with Crippen LogP contribution >= 0.6 is 0 Å². The van der Waals surface area contributed by atoms with E-state index in [0.29, 0.717) is 43.1 Å². The van der Waals surface area contributed by atoms with Crippen LogP contribution in [0.3, 0.4) is 0 Å². The smallest absolute Gasteiger partial charge is 0.414 e. The first-order valence-corrected chi connectivity index (χ1v) is 14.8. The number of hydrogen-bond donors (Lipinski definition) is 1. The van der Waals surface area contributed by atoms with Crippen LogP contribution in [0.2, 0.25) is 0 Å². The molecule has 12 nitrogen and oxygen atoms in total. The molecule has 0 bridgehead atoms. The first-order chi connectivity index (χ1) is 21.6. The summed E-state index contributed by atoms with van der Waals surface area (Å²) in [5, 5.41) is 2.64. The number of hydrogen-bond acceptors (Lipinski definition) is 9. The molecule has 3 aliphatic heterocycles. The Morgan fingerprint density at radius 2 is 1.80 bits per heavy atom. The number of piperazine rings is 1. The van der Waals surface area contributed by atoms with Gasteiger partial charge in [-0.15, -0.1) is 0 Å². The molecular formula is C31H33F2N5O7. The molecule has 14 heteroatoms. The van der Waals surface area contributed by atoms with Crippen LogP contribution in [-0.2, 0) is 14.3 Å². The SMILES string of the molecule is CCOC(=O)c1cn2c3c(c(N4CCN(c5ccc(N6CC(CNC(C)=O)OC6=O)cc5F)CC4)c(F)cc3c1=O)OCC2C. The predicted molar refractivity (Wildman–Crippen MR) is 161 cm³/mol. The van der Waals surface area contributed by atoms with Crippen LogP contribution in [0.1, 0.15) is 37.2 Å². The second-order valence-electron chi connectivity index (χ2n) is 11.3. The summed E-state index contributed by atoms with van der Waals surface area (Å²) in [4.78, 5) is 54.2. The number of carbonyl (C=O) groups excluding carboxylic acids is 3. The van der Waals surface area contributed by atoms with Crippen molar-refractivity contribution in [2.75, 3.05) is 67.2 Å². The maximum atomic E-state index is 15.8. The van der Waals surface area contributed by atoms with Gasteiger partial charge in [0.1, 0.15) is 29.8 Å². The van der Waals surface area contributed by atoms with Gasteiger partial charge >= 0.3 is 12.1 Å². The Balaban J connectivity index is 1.22. The van der Waals surface area contributed by atoms with Crippen molar-refractivity contribution >= 4 is 45.9 Å². The Kier molecular flexibility index (Phi) is 7.97. The molecule has 238 valence electrons. The van der Waals surface area contributed by atoms with E-state index in [1.54, 1.807) is 23.6 Å². The monoisotopic (exact) mass is 625 g/mol. The normalized spacial score (nSPS) is 19.4. The summed E-state index contributed by atoms with van der Waals surface area (Å²) in [5.74, 6) is -1.95. The lowest BCUT2D eigenvalue weighted by Crippen LogP contribution is -2.47. The molecule has 0 spiro atoms. The molecule has 3 aromatic rings. The highest BCUT2D eigenvalue weighted by molar-refractivity contribution is 5.98. The number of pyridine rings is 1.